The van der Waals surface area contributed by atoms with Crippen molar-refractivity contribution in [2.45, 2.75) is 23.1 Å². The minimum Gasteiger partial charge on any atom is -0.819 e. The predicted molar refractivity (Wildman–Crippen MR) is 256 cm³/mol. The number of rotatable bonds is 10. The average molecular weight is 1450 g/mol. The summed E-state index contributed by atoms with van der Waals surface area (Å²) in [4.78, 5) is 37.4. The van der Waals surface area contributed by atoms with Crippen molar-refractivity contribution in [3.8, 4) is 0 Å². The third kappa shape index (κ3) is 26.4. The van der Waals surface area contributed by atoms with Crippen LogP contribution in [0.5, 0.6) is 0 Å². The summed E-state index contributed by atoms with van der Waals surface area (Å²) in [7, 11) is 2.72. The van der Waals surface area contributed by atoms with Crippen LogP contribution in [0.2, 0.25) is 0 Å². The van der Waals surface area contributed by atoms with Gasteiger partial charge in [-0.2, -0.15) is 0 Å². The van der Waals surface area contributed by atoms with Gasteiger partial charge in [-0.05, 0) is 97.1 Å². The number of nitrogens with zero attached hydrogens (tertiary/aromatic N) is 20. The molecule has 0 spiro atoms. The van der Waals surface area contributed by atoms with E-state index in [2.05, 4.69) is 39.9 Å². The number of methoxy groups -OCH3 is 2. The minimum absolute atomic E-state index is 0. The van der Waals surface area contributed by atoms with Crippen LogP contribution in [0.4, 0.5) is 0 Å². The van der Waals surface area contributed by atoms with Crippen LogP contribution in [0, 0.1) is 0 Å². The molecule has 8 aromatic rings. The van der Waals surface area contributed by atoms with Crippen LogP contribution >= 0.6 is 0 Å². The number of aromatic nitrogens is 8. The molecule has 0 amide bonds. The average Bonchev–Trinajstić information content (AvgIpc) is 3.46. The van der Waals surface area contributed by atoms with E-state index in [-0.39, 0.29) is 132 Å². The van der Waals surface area contributed by atoms with E-state index >= 15 is 0 Å². The predicted octanol–water partition coefficient (Wildman–Crippen LogP) is 4.88. The van der Waals surface area contributed by atoms with Gasteiger partial charge in [-0.25, -0.2) is 0 Å². The first kappa shape index (κ1) is 78.3. The molecule has 0 aliphatic carbocycles. The Morgan fingerprint density at radius 3 is 0.538 bits per heavy atom. The number of ether oxygens (including phenoxy) is 2. The molecule has 0 unspecified atom stereocenters. The van der Waals surface area contributed by atoms with Gasteiger partial charge < -0.3 is 84.4 Å². The normalized spacial score (nSPS) is 9.44. The fraction of sp³-hybridized carbons (Fsp3) is 0.130. The van der Waals surface area contributed by atoms with Gasteiger partial charge in [0.05, 0.1) is 68.7 Å². The van der Waals surface area contributed by atoms with Crippen molar-refractivity contribution in [3.63, 3.8) is 0 Å². The number of pyridine rings is 8. The Kier molecular flexibility index (Phi) is 44.9. The van der Waals surface area contributed by atoms with Crippen molar-refractivity contribution >= 4 is 0 Å². The van der Waals surface area contributed by atoms with E-state index in [1.54, 1.807) is 146 Å². The summed E-state index contributed by atoms with van der Waals surface area (Å²) in [5.74, 6) is -8.46. The first-order valence-electron chi connectivity index (χ1n) is 20.3. The molecule has 8 heterocycles. The van der Waals surface area contributed by atoms with Crippen LogP contribution in [0.1, 0.15) is 45.6 Å². The molecular formula is C46H40Cd4N20O8. The zero-order chi connectivity index (χ0) is 55.1. The van der Waals surface area contributed by atoms with E-state index in [9.17, 15) is 30.6 Å². The van der Waals surface area contributed by atoms with Gasteiger partial charge in [0.2, 0.25) is 0 Å². The van der Waals surface area contributed by atoms with Crippen molar-refractivity contribution in [1.29, 1.82) is 0 Å². The largest absolute Gasteiger partial charge is 2.00 e. The van der Waals surface area contributed by atoms with Gasteiger partial charge >= 0.3 is 109 Å². The summed E-state index contributed by atoms with van der Waals surface area (Å²) in [5.41, 5.74) is 55.4. The number of aliphatic hydroxyl groups is 2. The molecule has 0 aliphatic heterocycles. The topological polar surface area (TPSA) is 489 Å². The molecule has 78 heavy (non-hydrogen) atoms. The standard InChI is InChI=1S/2C12H11N2O2.2C11H9N2O2.4Cd.4N3/c2*1-16-12(15,10-6-2-4-8-13-10)11-7-3-5-9-14-11;2*14-11(15,9-5-1-3-7-12-9)10-6-2-4-8-13-10;;;;;4*1-3-2/h2*2-9H,1H3;2*1-8,14H;;;;;;;;/q4*-1;4*+2;4*-1. The quantitative estimate of drug-likeness (QED) is 0.0605. The summed E-state index contributed by atoms with van der Waals surface area (Å²) in [6.07, 6.45) is 12.1. The summed E-state index contributed by atoms with van der Waals surface area (Å²) in [6, 6.07) is 39.7. The summed E-state index contributed by atoms with van der Waals surface area (Å²) < 4.78 is 10.1. The molecule has 0 atom stereocenters. The first-order chi connectivity index (χ1) is 35.6. The smallest absolute Gasteiger partial charge is 0.819 e. The van der Waals surface area contributed by atoms with Crippen molar-refractivity contribution in [3.05, 3.63) is 305 Å². The Morgan fingerprint density at radius 2 is 0.436 bits per heavy atom. The molecule has 28 nitrogen and oxygen atoms in total. The van der Waals surface area contributed by atoms with Crippen molar-refractivity contribution in [1.82, 2.24) is 39.9 Å². The van der Waals surface area contributed by atoms with Gasteiger partial charge in [0.25, 0.3) is 0 Å². The second kappa shape index (κ2) is 44.8. The molecule has 8 aromatic heterocycles. The summed E-state index contributed by atoms with van der Waals surface area (Å²) in [5, 5.41) is 68.5. The second-order valence-corrected chi connectivity index (χ2v) is 13.0. The third-order valence-corrected chi connectivity index (χ3v) is 8.63. The van der Waals surface area contributed by atoms with Crippen LogP contribution in [0.3, 0.4) is 0 Å². The monoisotopic (exact) mass is 1460 g/mol. The maximum absolute atomic E-state index is 12.5. The maximum atomic E-state index is 12.5. The second-order valence-electron chi connectivity index (χ2n) is 13.0. The molecule has 2 N–H and O–H groups in total. The number of hydrogen-bond acceptors (Lipinski definition) is 16. The van der Waals surface area contributed by atoms with E-state index in [4.69, 9.17) is 53.7 Å². The summed E-state index contributed by atoms with van der Waals surface area (Å²) in [6.45, 7) is 0. The van der Waals surface area contributed by atoms with Crippen LogP contribution in [0.25, 0.3) is 63.9 Å². The molecule has 380 valence electrons. The zero-order valence-electron chi connectivity index (χ0n) is 41.6. The molecule has 0 bridgehead atoms. The van der Waals surface area contributed by atoms with Crippen LogP contribution < -0.4 is 20.4 Å². The van der Waals surface area contributed by atoms with Crippen LogP contribution in [-0.4, -0.2) is 64.3 Å². The molecular weight excluding hydrogens is 1410 g/mol. The Bertz CT molecular complexity index is 2510. The van der Waals surface area contributed by atoms with Crippen molar-refractivity contribution < 1.29 is 149 Å². The molecule has 0 saturated heterocycles. The van der Waals surface area contributed by atoms with Gasteiger partial charge in [-0.15, -0.1) is 0 Å². The van der Waals surface area contributed by atoms with Gasteiger partial charge in [-0.3, -0.25) is 59.5 Å². The van der Waals surface area contributed by atoms with E-state index in [0.717, 1.165) is 0 Å². The van der Waals surface area contributed by atoms with Gasteiger partial charge in [-0.1, -0.05) is 48.5 Å². The fourth-order valence-electron chi connectivity index (χ4n) is 5.43. The van der Waals surface area contributed by atoms with E-state index < -0.39 is 23.1 Å². The SMILES string of the molecule is COC([O-])(c1ccccn1)c1ccccn1.COC([O-])(c1ccccn1)c1ccccn1.[Cd+2].[Cd+2].[Cd+2].[Cd+2].[N-]=[N+]=[N-].[N-]=[N+]=[N-].[N-]=[N+]=[N-].[N-]=[N+]=[N-].[O-]C(O)(c1ccccn1)c1ccccn1.[O-]C(O)(c1ccccn1)c1ccccn1. The first-order valence-corrected chi connectivity index (χ1v) is 20.3. The van der Waals surface area contributed by atoms with E-state index in [1.165, 1.54) is 82.9 Å². The molecule has 0 saturated carbocycles. The van der Waals surface area contributed by atoms with E-state index in [1.807, 2.05) is 0 Å². The zero-order valence-corrected chi connectivity index (χ0v) is 57.7. The third-order valence-electron chi connectivity index (χ3n) is 8.63. The Balaban J connectivity index is -0.000000430. The van der Waals surface area contributed by atoms with Gasteiger partial charge in [0, 0.05) is 63.8 Å². The summed E-state index contributed by atoms with van der Waals surface area (Å²) >= 11 is 0. The molecule has 0 fully saturated rings. The molecule has 0 aromatic carbocycles. The molecule has 0 radical (unpaired) electrons. The molecule has 8 rings (SSSR count). The molecule has 32 heteroatoms. The Hall–Kier alpha value is -6.19. The Labute approximate surface area is 526 Å². The Morgan fingerprint density at radius 1 is 0.308 bits per heavy atom. The number of hydrogen-bond donors (Lipinski definition) is 2. The molecule has 0 aliphatic rings. The van der Waals surface area contributed by atoms with Crippen molar-refractivity contribution in [2.24, 2.45) is 0 Å². The van der Waals surface area contributed by atoms with Crippen LogP contribution in [0.15, 0.2) is 195 Å². The van der Waals surface area contributed by atoms with Crippen molar-refractivity contribution in [2.75, 3.05) is 14.2 Å². The van der Waals surface area contributed by atoms with E-state index in [0.29, 0.717) is 22.8 Å². The van der Waals surface area contributed by atoms with Crippen LogP contribution in [-0.2, 0) is 142 Å². The minimum atomic E-state index is -2.39. The fourth-order valence-corrected chi connectivity index (χ4v) is 5.43. The van der Waals surface area contributed by atoms with Gasteiger partial charge in [0.15, 0.2) is 0 Å². The van der Waals surface area contributed by atoms with Gasteiger partial charge in [0.1, 0.15) is 0 Å². The maximum Gasteiger partial charge on any atom is 2.00 e.